The van der Waals surface area contributed by atoms with Gasteiger partial charge >= 0.3 is 0 Å². The molecule has 4 nitrogen and oxygen atoms in total. The largest absolute Gasteiger partial charge is 0.326 e. The molecule has 0 unspecified atom stereocenters. The average Bonchev–Trinajstić information content (AvgIpc) is 2.69. The minimum absolute atomic E-state index is 0.0442. The molecule has 1 heterocycles. The van der Waals surface area contributed by atoms with E-state index in [0.717, 1.165) is 16.5 Å². The zero-order valence-corrected chi connectivity index (χ0v) is 12.0. The zero-order chi connectivity index (χ0) is 12.6. The summed E-state index contributed by atoms with van der Waals surface area (Å²) in [5, 5.41) is 0. The Bertz CT molecular complexity index is 530. The number of aryl methyl sites for hydroxylation is 1. The number of hydrogen-bond acceptors (Lipinski definition) is 3. The molecule has 94 valence electrons. The van der Waals surface area contributed by atoms with Crippen LogP contribution >= 0.6 is 15.9 Å². The molecule has 0 aromatic heterocycles. The standard InChI is InChI=1S/C11H15BrN2O2S/c1-8-2-3-9(12)6-11(8)17(15,16)14-5-4-10(13)7-14/h2-3,6,10H,4-5,7,13H2,1H3/t10-/m0/s1. The maximum atomic E-state index is 12.4. The third-order valence-electron chi connectivity index (χ3n) is 2.96. The van der Waals surface area contributed by atoms with Crippen molar-refractivity contribution in [3.63, 3.8) is 0 Å². The minimum Gasteiger partial charge on any atom is -0.326 e. The molecule has 0 saturated carbocycles. The van der Waals surface area contributed by atoms with Crippen molar-refractivity contribution in [3.8, 4) is 0 Å². The first-order valence-corrected chi connectivity index (χ1v) is 7.66. The summed E-state index contributed by atoms with van der Waals surface area (Å²) in [7, 11) is -3.40. The van der Waals surface area contributed by atoms with Crippen molar-refractivity contribution < 1.29 is 8.42 Å². The number of hydrogen-bond donors (Lipinski definition) is 1. The van der Waals surface area contributed by atoms with Crippen LogP contribution in [0.5, 0.6) is 0 Å². The number of nitrogens with two attached hydrogens (primary N) is 1. The zero-order valence-electron chi connectivity index (χ0n) is 9.56. The lowest BCUT2D eigenvalue weighted by atomic mass is 10.2. The summed E-state index contributed by atoms with van der Waals surface area (Å²) in [6.45, 7) is 2.72. The summed E-state index contributed by atoms with van der Waals surface area (Å²) in [6.07, 6.45) is 0.728. The maximum absolute atomic E-state index is 12.4. The van der Waals surface area contributed by atoms with Gasteiger partial charge < -0.3 is 5.73 Å². The highest BCUT2D eigenvalue weighted by Crippen LogP contribution is 2.25. The van der Waals surface area contributed by atoms with Gasteiger partial charge in [0.1, 0.15) is 0 Å². The smallest absolute Gasteiger partial charge is 0.243 e. The van der Waals surface area contributed by atoms with Crippen molar-refractivity contribution in [2.45, 2.75) is 24.3 Å². The number of halogens is 1. The number of sulfonamides is 1. The van der Waals surface area contributed by atoms with E-state index in [0.29, 0.717) is 18.0 Å². The van der Waals surface area contributed by atoms with Crippen LogP contribution in [-0.2, 0) is 10.0 Å². The van der Waals surface area contributed by atoms with Crippen LogP contribution in [0, 0.1) is 6.92 Å². The van der Waals surface area contributed by atoms with Crippen molar-refractivity contribution in [1.29, 1.82) is 0 Å². The second kappa shape index (κ2) is 4.68. The lowest BCUT2D eigenvalue weighted by Crippen LogP contribution is -2.32. The number of benzene rings is 1. The van der Waals surface area contributed by atoms with Gasteiger partial charge in [0, 0.05) is 23.6 Å². The Labute approximate surface area is 110 Å². The molecule has 1 saturated heterocycles. The molecule has 17 heavy (non-hydrogen) atoms. The third kappa shape index (κ3) is 2.54. The lowest BCUT2D eigenvalue weighted by Gasteiger charge is -2.17. The van der Waals surface area contributed by atoms with Crippen molar-refractivity contribution in [3.05, 3.63) is 28.2 Å². The van der Waals surface area contributed by atoms with Crippen molar-refractivity contribution in [2.75, 3.05) is 13.1 Å². The summed E-state index contributed by atoms with van der Waals surface area (Å²) in [5.74, 6) is 0. The molecular weight excluding hydrogens is 304 g/mol. The van der Waals surface area contributed by atoms with Crippen LogP contribution in [0.25, 0.3) is 0 Å². The molecule has 0 amide bonds. The van der Waals surface area contributed by atoms with Gasteiger partial charge in [0.05, 0.1) is 4.90 Å². The Morgan fingerprint density at radius 2 is 2.18 bits per heavy atom. The van der Waals surface area contributed by atoms with Gasteiger partial charge in [-0.25, -0.2) is 8.42 Å². The van der Waals surface area contributed by atoms with E-state index in [4.69, 9.17) is 5.73 Å². The molecular formula is C11H15BrN2O2S. The van der Waals surface area contributed by atoms with E-state index in [1.165, 1.54) is 4.31 Å². The Kier molecular flexibility index (Phi) is 3.58. The lowest BCUT2D eigenvalue weighted by molar-refractivity contribution is 0.472. The molecule has 1 atom stereocenters. The van der Waals surface area contributed by atoms with Crippen LogP contribution in [-0.4, -0.2) is 31.9 Å². The van der Waals surface area contributed by atoms with Gasteiger partial charge in [-0.05, 0) is 31.0 Å². The Morgan fingerprint density at radius 3 is 2.76 bits per heavy atom. The summed E-state index contributed by atoms with van der Waals surface area (Å²) in [6, 6.07) is 5.24. The summed E-state index contributed by atoms with van der Waals surface area (Å²) < 4.78 is 27.0. The number of nitrogens with zero attached hydrogens (tertiary/aromatic N) is 1. The maximum Gasteiger partial charge on any atom is 0.243 e. The van der Waals surface area contributed by atoms with Gasteiger partial charge in [-0.3, -0.25) is 0 Å². The predicted octanol–water partition coefficient (Wildman–Crippen LogP) is 1.48. The topological polar surface area (TPSA) is 63.4 Å². The highest BCUT2D eigenvalue weighted by atomic mass is 79.9. The van der Waals surface area contributed by atoms with Crippen LogP contribution in [0.15, 0.2) is 27.6 Å². The first-order chi connectivity index (χ1) is 7.91. The van der Waals surface area contributed by atoms with Gasteiger partial charge in [0.25, 0.3) is 0 Å². The fourth-order valence-electron chi connectivity index (χ4n) is 1.96. The van der Waals surface area contributed by atoms with Crippen LogP contribution in [0.2, 0.25) is 0 Å². The van der Waals surface area contributed by atoms with Gasteiger partial charge in [-0.1, -0.05) is 22.0 Å². The molecule has 0 bridgehead atoms. The van der Waals surface area contributed by atoms with Gasteiger partial charge in [-0.15, -0.1) is 0 Å². The minimum atomic E-state index is -3.40. The highest BCUT2D eigenvalue weighted by Gasteiger charge is 2.31. The molecule has 1 aromatic rings. The monoisotopic (exact) mass is 318 g/mol. The second-order valence-corrected chi connectivity index (χ2v) is 7.14. The van der Waals surface area contributed by atoms with E-state index >= 15 is 0 Å². The molecule has 1 aliphatic heterocycles. The van der Waals surface area contributed by atoms with E-state index in [2.05, 4.69) is 15.9 Å². The third-order valence-corrected chi connectivity index (χ3v) is 5.46. The van der Waals surface area contributed by atoms with E-state index in [1.807, 2.05) is 6.07 Å². The first-order valence-electron chi connectivity index (χ1n) is 5.43. The molecule has 1 fully saturated rings. The average molecular weight is 319 g/mol. The van der Waals surface area contributed by atoms with Crippen LogP contribution in [0.4, 0.5) is 0 Å². The van der Waals surface area contributed by atoms with Crippen LogP contribution < -0.4 is 5.73 Å². The van der Waals surface area contributed by atoms with Gasteiger partial charge in [0.2, 0.25) is 10.0 Å². The van der Waals surface area contributed by atoms with Gasteiger partial charge in [-0.2, -0.15) is 4.31 Å². The molecule has 0 aliphatic carbocycles. The SMILES string of the molecule is Cc1ccc(Br)cc1S(=O)(=O)N1CC[C@H](N)C1. The van der Waals surface area contributed by atoms with E-state index in [-0.39, 0.29) is 6.04 Å². The Morgan fingerprint density at radius 1 is 1.47 bits per heavy atom. The molecule has 1 aromatic carbocycles. The fraction of sp³-hybridized carbons (Fsp3) is 0.455. The van der Waals surface area contributed by atoms with E-state index < -0.39 is 10.0 Å². The van der Waals surface area contributed by atoms with Crippen LogP contribution in [0.3, 0.4) is 0 Å². The van der Waals surface area contributed by atoms with Crippen LogP contribution in [0.1, 0.15) is 12.0 Å². The summed E-state index contributed by atoms with van der Waals surface area (Å²) >= 11 is 3.30. The van der Waals surface area contributed by atoms with E-state index in [9.17, 15) is 8.42 Å². The fourth-order valence-corrected chi connectivity index (χ4v) is 4.24. The Balaban J connectivity index is 2.41. The summed E-state index contributed by atoms with van der Waals surface area (Å²) in [4.78, 5) is 0.362. The predicted molar refractivity (Wildman–Crippen MR) is 70.2 cm³/mol. The van der Waals surface area contributed by atoms with E-state index in [1.54, 1.807) is 19.1 Å². The molecule has 2 N–H and O–H groups in total. The highest BCUT2D eigenvalue weighted by molar-refractivity contribution is 9.10. The first kappa shape index (κ1) is 13.0. The Hall–Kier alpha value is -0.430. The molecule has 2 rings (SSSR count). The molecule has 0 spiro atoms. The second-order valence-electron chi connectivity index (χ2n) is 4.32. The van der Waals surface area contributed by atoms with Crippen molar-refractivity contribution in [1.82, 2.24) is 4.31 Å². The quantitative estimate of drug-likeness (QED) is 0.898. The number of rotatable bonds is 2. The molecule has 0 radical (unpaired) electrons. The molecule has 1 aliphatic rings. The molecule has 6 heteroatoms. The van der Waals surface area contributed by atoms with Gasteiger partial charge in [0.15, 0.2) is 0 Å². The summed E-state index contributed by atoms with van der Waals surface area (Å²) in [5.41, 5.74) is 6.51. The van der Waals surface area contributed by atoms with Crippen molar-refractivity contribution in [2.24, 2.45) is 5.73 Å². The van der Waals surface area contributed by atoms with Crippen molar-refractivity contribution >= 4 is 26.0 Å². The normalized spacial score (nSPS) is 21.9.